The average Bonchev–Trinajstić information content (AvgIpc) is 2.37. The fourth-order valence-electron chi connectivity index (χ4n) is 2.73. The van der Waals surface area contributed by atoms with E-state index in [1.807, 2.05) is 11.8 Å². The lowest BCUT2D eigenvalue weighted by Crippen LogP contribution is -2.50. The number of hydrogen-bond acceptors (Lipinski definition) is 3. The van der Waals surface area contributed by atoms with E-state index in [0.717, 1.165) is 12.5 Å². The van der Waals surface area contributed by atoms with Gasteiger partial charge in [0, 0.05) is 25.2 Å². The molecule has 0 radical (unpaired) electrons. The second-order valence-corrected chi connectivity index (χ2v) is 5.40. The van der Waals surface area contributed by atoms with Gasteiger partial charge >= 0.3 is 6.09 Å². The number of nitrogens with zero attached hydrogens (tertiary/aromatic N) is 1. The molecule has 1 aliphatic rings. The molecule has 1 aromatic carbocycles. The zero-order valence-corrected chi connectivity index (χ0v) is 12.2. The number of rotatable bonds is 3. The molecule has 0 saturated carbocycles. The molecule has 1 aliphatic heterocycles. The molecule has 21 heavy (non-hydrogen) atoms. The molecule has 1 saturated heterocycles. The second kappa shape index (κ2) is 6.74. The minimum atomic E-state index is -0.595. The van der Waals surface area contributed by atoms with Crippen molar-refractivity contribution in [2.24, 2.45) is 5.92 Å². The molecule has 2 atom stereocenters. The zero-order valence-electron chi connectivity index (χ0n) is 12.2. The Kier molecular flexibility index (Phi) is 4.98. The Morgan fingerprint density at radius 3 is 2.86 bits per heavy atom. The Hall–Kier alpha value is -1.85. The maximum absolute atomic E-state index is 13.9. The van der Waals surface area contributed by atoms with Crippen LogP contribution < -0.4 is 10.2 Å². The third kappa shape index (κ3) is 4.06. The van der Waals surface area contributed by atoms with Crippen LogP contribution in [0.5, 0.6) is 0 Å². The first-order valence-electron chi connectivity index (χ1n) is 7.13. The molecule has 0 spiro atoms. The quantitative estimate of drug-likeness (QED) is 0.933. The number of carbonyl (C=O) groups excluding carboxylic acids is 1. The fourth-order valence-corrected chi connectivity index (χ4v) is 2.73. The van der Waals surface area contributed by atoms with Gasteiger partial charge in [-0.05, 0) is 31.4 Å². The average molecular weight is 298 g/mol. The number of hydrogen-bond donors (Lipinski definition) is 1. The lowest BCUT2D eigenvalue weighted by molar-refractivity contribution is 0.145. The van der Waals surface area contributed by atoms with E-state index in [9.17, 15) is 13.6 Å². The molecule has 1 fully saturated rings. The Bertz CT molecular complexity index is 510. The van der Waals surface area contributed by atoms with Crippen LogP contribution in [0.4, 0.5) is 19.3 Å². The van der Waals surface area contributed by atoms with Gasteiger partial charge in [-0.1, -0.05) is 6.92 Å². The van der Waals surface area contributed by atoms with Gasteiger partial charge < -0.3 is 15.0 Å². The van der Waals surface area contributed by atoms with E-state index in [0.29, 0.717) is 25.4 Å². The summed E-state index contributed by atoms with van der Waals surface area (Å²) in [5.41, 5.74) is 0.360. The summed E-state index contributed by atoms with van der Waals surface area (Å²) in [4.78, 5) is 13.3. The number of carbonyl (C=O) groups is 1. The van der Waals surface area contributed by atoms with Gasteiger partial charge in [0.15, 0.2) is 0 Å². The van der Waals surface area contributed by atoms with E-state index in [-0.39, 0.29) is 12.0 Å². The number of nitrogens with one attached hydrogen (secondary N) is 1. The van der Waals surface area contributed by atoms with Crippen LogP contribution in [0, 0.1) is 17.6 Å². The van der Waals surface area contributed by atoms with Gasteiger partial charge in [-0.15, -0.1) is 0 Å². The normalized spacial score (nSPS) is 22.0. The summed E-state index contributed by atoms with van der Waals surface area (Å²) in [5, 5.41) is 2.78. The Labute approximate surface area is 123 Å². The molecular weight excluding hydrogens is 278 g/mol. The van der Waals surface area contributed by atoms with Gasteiger partial charge in [0.1, 0.15) is 11.6 Å². The van der Waals surface area contributed by atoms with E-state index in [1.165, 1.54) is 12.1 Å². The minimum absolute atomic E-state index is 0.114. The number of benzene rings is 1. The van der Waals surface area contributed by atoms with Crippen molar-refractivity contribution in [2.45, 2.75) is 26.3 Å². The highest BCUT2D eigenvalue weighted by molar-refractivity contribution is 5.67. The monoisotopic (exact) mass is 298 g/mol. The van der Waals surface area contributed by atoms with Crippen LogP contribution >= 0.6 is 0 Å². The van der Waals surface area contributed by atoms with Gasteiger partial charge in [0.25, 0.3) is 0 Å². The van der Waals surface area contributed by atoms with Crippen molar-refractivity contribution in [3.63, 3.8) is 0 Å². The first-order chi connectivity index (χ1) is 9.99. The first kappa shape index (κ1) is 15.5. The van der Waals surface area contributed by atoms with Gasteiger partial charge in [-0.3, -0.25) is 0 Å². The highest BCUT2D eigenvalue weighted by Crippen LogP contribution is 2.26. The third-order valence-electron chi connectivity index (χ3n) is 3.51. The fraction of sp³-hybridized carbons (Fsp3) is 0.533. The standard InChI is InChI=1S/C15H20F2N2O2/c1-3-21-15(20)18-12-6-10(2)8-19(9-12)14-5-4-11(16)7-13(14)17/h4-5,7,10,12H,3,6,8-9H2,1-2H3,(H,18,20). The molecule has 0 aliphatic carbocycles. The predicted octanol–water partition coefficient (Wildman–Crippen LogP) is 2.93. The molecule has 1 aromatic rings. The summed E-state index contributed by atoms with van der Waals surface area (Å²) in [6, 6.07) is 3.44. The molecular formula is C15H20F2N2O2. The lowest BCUT2D eigenvalue weighted by atomic mass is 9.95. The molecule has 2 rings (SSSR count). The van der Waals surface area contributed by atoms with E-state index in [1.54, 1.807) is 6.92 Å². The van der Waals surface area contributed by atoms with Gasteiger partial charge in [0.2, 0.25) is 0 Å². The van der Waals surface area contributed by atoms with E-state index in [4.69, 9.17) is 4.74 Å². The SMILES string of the molecule is CCOC(=O)NC1CC(C)CN(c2ccc(F)cc2F)C1. The van der Waals surface area contributed by atoms with Gasteiger partial charge in [-0.25, -0.2) is 13.6 Å². The molecule has 6 heteroatoms. The smallest absolute Gasteiger partial charge is 0.407 e. The van der Waals surface area contributed by atoms with Crippen LogP contribution in [-0.4, -0.2) is 31.8 Å². The molecule has 2 unspecified atom stereocenters. The van der Waals surface area contributed by atoms with Crippen molar-refractivity contribution in [3.8, 4) is 0 Å². The molecule has 1 N–H and O–H groups in total. The molecule has 116 valence electrons. The van der Waals surface area contributed by atoms with Crippen molar-refractivity contribution >= 4 is 11.8 Å². The number of alkyl carbamates (subject to hydrolysis) is 1. The number of anilines is 1. The Morgan fingerprint density at radius 2 is 2.19 bits per heavy atom. The van der Waals surface area contributed by atoms with Crippen LogP contribution in [0.3, 0.4) is 0 Å². The summed E-state index contributed by atoms with van der Waals surface area (Å²) >= 11 is 0. The largest absolute Gasteiger partial charge is 0.450 e. The minimum Gasteiger partial charge on any atom is -0.450 e. The molecule has 0 aromatic heterocycles. The van der Waals surface area contributed by atoms with Crippen molar-refractivity contribution in [1.29, 1.82) is 0 Å². The van der Waals surface area contributed by atoms with E-state index in [2.05, 4.69) is 5.32 Å². The first-order valence-corrected chi connectivity index (χ1v) is 7.13. The van der Waals surface area contributed by atoms with Crippen molar-refractivity contribution in [2.75, 3.05) is 24.6 Å². The summed E-state index contributed by atoms with van der Waals surface area (Å²) < 4.78 is 31.7. The van der Waals surface area contributed by atoms with Crippen LogP contribution in [0.25, 0.3) is 0 Å². The van der Waals surface area contributed by atoms with E-state index >= 15 is 0 Å². The number of halogens is 2. The van der Waals surface area contributed by atoms with Crippen molar-refractivity contribution in [1.82, 2.24) is 5.32 Å². The Morgan fingerprint density at radius 1 is 1.43 bits per heavy atom. The maximum Gasteiger partial charge on any atom is 0.407 e. The van der Waals surface area contributed by atoms with E-state index < -0.39 is 17.7 Å². The van der Waals surface area contributed by atoms with Crippen LogP contribution in [0.15, 0.2) is 18.2 Å². The summed E-state index contributed by atoms with van der Waals surface area (Å²) in [6.45, 7) is 5.23. The Balaban J connectivity index is 2.08. The van der Waals surface area contributed by atoms with Gasteiger partial charge in [0.05, 0.1) is 12.3 Å². The highest BCUT2D eigenvalue weighted by atomic mass is 19.1. The summed E-state index contributed by atoms with van der Waals surface area (Å²) in [7, 11) is 0. The zero-order chi connectivity index (χ0) is 15.4. The molecule has 1 amide bonds. The van der Waals surface area contributed by atoms with Crippen molar-refractivity contribution in [3.05, 3.63) is 29.8 Å². The summed E-state index contributed by atoms with van der Waals surface area (Å²) in [6.07, 6.45) is 0.342. The molecule has 1 heterocycles. The number of piperidine rings is 1. The lowest BCUT2D eigenvalue weighted by Gasteiger charge is -2.38. The van der Waals surface area contributed by atoms with Crippen LogP contribution in [0.1, 0.15) is 20.3 Å². The van der Waals surface area contributed by atoms with Crippen LogP contribution in [0.2, 0.25) is 0 Å². The molecule has 0 bridgehead atoms. The topological polar surface area (TPSA) is 41.6 Å². The summed E-state index contributed by atoms with van der Waals surface area (Å²) in [5.74, 6) is -0.892. The predicted molar refractivity (Wildman–Crippen MR) is 76.3 cm³/mol. The third-order valence-corrected chi connectivity index (χ3v) is 3.51. The van der Waals surface area contributed by atoms with Gasteiger partial charge in [-0.2, -0.15) is 0 Å². The van der Waals surface area contributed by atoms with Crippen molar-refractivity contribution < 1.29 is 18.3 Å². The van der Waals surface area contributed by atoms with Crippen LogP contribution in [-0.2, 0) is 4.74 Å². The molecule has 4 nitrogen and oxygen atoms in total. The number of ether oxygens (including phenoxy) is 1. The maximum atomic E-state index is 13.9. The number of amides is 1. The highest BCUT2D eigenvalue weighted by Gasteiger charge is 2.27. The second-order valence-electron chi connectivity index (χ2n) is 5.40.